The van der Waals surface area contributed by atoms with Crippen molar-refractivity contribution in [2.75, 3.05) is 13.7 Å². The van der Waals surface area contributed by atoms with E-state index in [2.05, 4.69) is 15.9 Å². The average molecular weight is 258 g/mol. The molecule has 0 aromatic heterocycles. The van der Waals surface area contributed by atoms with Gasteiger partial charge in [-0.1, -0.05) is 0 Å². The molecule has 2 rings (SSSR count). The van der Waals surface area contributed by atoms with Gasteiger partial charge in [-0.25, -0.2) is 0 Å². The first-order chi connectivity index (χ1) is 6.74. The Hall–Kier alpha value is -0.740. The maximum atomic E-state index is 6.01. The van der Waals surface area contributed by atoms with Crippen LogP contribution in [0.25, 0.3) is 0 Å². The summed E-state index contributed by atoms with van der Waals surface area (Å²) in [6, 6.07) is 3.81. The fraction of sp³-hybridized carbons (Fsp3) is 0.400. The highest BCUT2D eigenvalue weighted by Gasteiger charge is 2.22. The van der Waals surface area contributed by atoms with E-state index in [0.717, 1.165) is 28.0 Å². The fourth-order valence-corrected chi connectivity index (χ4v) is 2.41. The van der Waals surface area contributed by atoms with Crippen LogP contribution in [0, 0.1) is 0 Å². The van der Waals surface area contributed by atoms with Gasteiger partial charge in [0.15, 0.2) is 0 Å². The van der Waals surface area contributed by atoms with Gasteiger partial charge in [0.1, 0.15) is 11.5 Å². The third kappa shape index (κ3) is 1.48. The molecular formula is C10H12BrNO2. The summed E-state index contributed by atoms with van der Waals surface area (Å²) in [5.41, 5.74) is 7.02. The van der Waals surface area contributed by atoms with E-state index < -0.39 is 0 Å². The molecule has 1 aliphatic heterocycles. The number of hydrogen-bond donors (Lipinski definition) is 1. The molecule has 0 saturated carbocycles. The molecule has 2 N–H and O–H groups in total. The zero-order valence-electron chi connectivity index (χ0n) is 7.92. The molecule has 0 radical (unpaired) electrons. The Bertz CT molecular complexity index is 354. The fourth-order valence-electron chi connectivity index (χ4n) is 1.62. The molecule has 76 valence electrons. The van der Waals surface area contributed by atoms with Crippen molar-refractivity contribution < 1.29 is 9.47 Å². The lowest BCUT2D eigenvalue weighted by molar-refractivity contribution is 0.267. The normalized spacial score (nSPS) is 19.8. The number of methoxy groups -OCH3 is 1. The Labute approximate surface area is 91.3 Å². The van der Waals surface area contributed by atoms with Gasteiger partial charge in [0.25, 0.3) is 0 Å². The van der Waals surface area contributed by atoms with Crippen molar-refractivity contribution >= 4 is 15.9 Å². The second-order valence-electron chi connectivity index (χ2n) is 3.24. The van der Waals surface area contributed by atoms with Gasteiger partial charge in [0.05, 0.1) is 18.2 Å². The van der Waals surface area contributed by atoms with Crippen molar-refractivity contribution in [1.29, 1.82) is 0 Å². The lowest BCUT2D eigenvalue weighted by Gasteiger charge is -2.24. The van der Waals surface area contributed by atoms with Crippen LogP contribution in [0.15, 0.2) is 16.6 Å². The number of fused-ring (bicyclic) bond motifs is 1. The Morgan fingerprint density at radius 1 is 1.57 bits per heavy atom. The topological polar surface area (TPSA) is 44.5 Å². The van der Waals surface area contributed by atoms with Crippen LogP contribution in [0.2, 0.25) is 0 Å². The van der Waals surface area contributed by atoms with E-state index in [0.29, 0.717) is 6.61 Å². The first-order valence-corrected chi connectivity index (χ1v) is 5.28. The van der Waals surface area contributed by atoms with Crippen LogP contribution in [0.3, 0.4) is 0 Å². The van der Waals surface area contributed by atoms with Gasteiger partial charge < -0.3 is 15.2 Å². The minimum Gasteiger partial charge on any atom is -0.496 e. The first-order valence-electron chi connectivity index (χ1n) is 4.49. The summed E-state index contributed by atoms with van der Waals surface area (Å²) in [5, 5.41) is 0. The van der Waals surface area contributed by atoms with Crippen molar-refractivity contribution in [2.24, 2.45) is 5.73 Å². The monoisotopic (exact) mass is 257 g/mol. The number of halogens is 1. The molecule has 1 aromatic rings. The van der Waals surface area contributed by atoms with E-state index in [1.165, 1.54) is 0 Å². The minimum absolute atomic E-state index is 0.0308. The third-order valence-corrected chi connectivity index (χ3v) is 3.20. The number of ether oxygens (including phenoxy) is 2. The molecule has 0 spiro atoms. The Balaban J connectivity index is 2.54. The van der Waals surface area contributed by atoms with Crippen LogP contribution in [0.5, 0.6) is 11.5 Å². The quantitative estimate of drug-likeness (QED) is 0.840. The molecule has 1 unspecified atom stereocenters. The zero-order chi connectivity index (χ0) is 10.1. The van der Waals surface area contributed by atoms with E-state index >= 15 is 0 Å². The number of benzene rings is 1. The molecule has 1 heterocycles. The SMILES string of the molecule is COc1ccc2c(c1Br)C(N)CCO2. The summed E-state index contributed by atoms with van der Waals surface area (Å²) in [6.07, 6.45) is 0.846. The van der Waals surface area contributed by atoms with Gasteiger partial charge in [-0.3, -0.25) is 0 Å². The molecule has 4 heteroatoms. The van der Waals surface area contributed by atoms with Crippen molar-refractivity contribution in [1.82, 2.24) is 0 Å². The predicted molar refractivity (Wildman–Crippen MR) is 57.7 cm³/mol. The molecule has 0 amide bonds. The van der Waals surface area contributed by atoms with Crippen LogP contribution in [0.1, 0.15) is 18.0 Å². The average Bonchev–Trinajstić information content (AvgIpc) is 2.18. The molecule has 1 aliphatic rings. The molecule has 0 aliphatic carbocycles. The van der Waals surface area contributed by atoms with Crippen molar-refractivity contribution in [2.45, 2.75) is 12.5 Å². The Kier molecular flexibility index (Phi) is 2.65. The first kappa shape index (κ1) is 9.80. The van der Waals surface area contributed by atoms with Gasteiger partial charge >= 0.3 is 0 Å². The highest BCUT2D eigenvalue weighted by atomic mass is 79.9. The van der Waals surface area contributed by atoms with Crippen molar-refractivity contribution in [3.05, 3.63) is 22.2 Å². The smallest absolute Gasteiger partial charge is 0.133 e. The summed E-state index contributed by atoms with van der Waals surface area (Å²) in [5.74, 6) is 1.65. The summed E-state index contributed by atoms with van der Waals surface area (Å²) in [7, 11) is 1.64. The van der Waals surface area contributed by atoms with Gasteiger partial charge in [0, 0.05) is 18.0 Å². The van der Waals surface area contributed by atoms with E-state index in [1.807, 2.05) is 12.1 Å². The minimum atomic E-state index is 0.0308. The third-order valence-electron chi connectivity index (χ3n) is 2.38. The summed E-state index contributed by atoms with van der Waals surface area (Å²) < 4.78 is 11.6. The zero-order valence-corrected chi connectivity index (χ0v) is 9.50. The molecule has 0 bridgehead atoms. The molecular weight excluding hydrogens is 246 g/mol. The Morgan fingerprint density at radius 3 is 3.07 bits per heavy atom. The lowest BCUT2D eigenvalue weighted by Crippen LogP contribution is -2.21. The van der Waals surface area contributed by atoms with E-state index in [9.17, 15) is 0 Å². The maximum absolute atomic E-state index is 6.01. The van der Waals surface area contributed by atoms with Crippen molar-refractivity contribution in [3.8, 4) is 11.5 Å². The highest BCUT2D eigenvalue weighted by molar-refractivity contribution is 9.10. The largest absolute Gasteiger partial charge is 0.496 e. The summed E-state index contributed by atoms with van der Waals surface area (Å²) in [4.78, 5) is 0. The van der Waals surface area contributed by atoms with Gasteiger partial charge in [-0.15, -0.1) is 0 Å². The van der Waals surface area contributed by atoms with E-state index in [1.54, 1.807) is 7.11 Å². The van der Waals surface area contributed by atoms with Gasteiger partial charge in [-0.05, 0) is 28.1 Å². The molecule has 0 fully saturated rings. The van der Waals surface area contributed by atoms with Crippen LogP contribution < -0.4 is 15.2 Å². The molecule has 3 nitrogen and oxygen atoms in total. The predicted octanol–water partition coefficient (Wildman–Crippen LogP) is 2.24. The maximum Gasteiger partial charge on any atom is 0.133 e. The van der Waals surface area contributed by atoms with E-state index in [4.69, 9.17) is 15.2 Å². The number of rotatable bonds is 1. The van der Waals surface area contributed by atoms with E-state index in [-0.39, 0.29) is 6.04 Å². The highest BCUT2D eigenvalue weighted by Crippen LogP contribution is 2.41. The van der Waals surface area contributed by atoms with Crippen LogP contribution in [-0.4, -0.2) is 13.7 Å². The summed E-state index contributed by atoms with van der Waals surface area (Å²) in [6.45, 7) is 0.687. The van der Waals surface area contributed by atoms with Crippen LogP contribution in [0.4, 0.5) is 0 Å². The number of hydrogen-bond acceptors (Lipinski definition) is 3. The molecule has 1 aromatic carbocycles. The van der Waals surface area contributed by atoms with Gasteiger partial charge in [0.2, 0.25) is 0 Å². The van der Waals surface area contributed by atoms with Crippen LogP contribution in [-0.2, 0) is 0 Å². The number of nitrogens with two attached hydrogens (primary N) is 1. The second kappa shape index (κ2) is 3.79. The second-order valence-corrected chi connectivity index (χ2v) is 4.03. The summed E-state index contributed by atoms with van der Waals surface area (Å²) >= 11 is 3.48. The van der Waals surface area contributed by atoms with Gasteiger partial charge in [-0.2, -0.15) is 0 Å². The standard InChI is InChI=1S/C10H12BrNO2/c1-13-8-3-2-7-9(10(8)11)6(12)4-5-14-7/h2-3,6H,4-5,12H2,1H3. The van der Waals surface area contributed by atoms with Crippen LogP contribution >= 0.6 is 15.9 Å². The molecule has 1 atom stereocenters. The Morgan fingerprint density at radius 2 is 2.36 bits per heavy atom. The van der Waals surface area contributed by atoms with Crippen molar-refractivity contribution in [3.63, 3.8) is 0 Å². The molecule has 0 saturated heterocycles. The lowest BCUT2D eigenvalue weighted by atomic mass is 10.0. The molecule has 14 heavy (non-hydrogen) atoms.